The van der Waals surface area contributed by atoms with Crippen molar-refractivity contribution < 1.29 is 9.53 Å². The summed E-state index contributed by atoms with van der Waals surface area (Å²) in [6, 6.07) is -0.390. The van der Waals surface area contributed by atoms with E-state index in [0.29, 0.717) is 19.1 Å². The molecule has 0 spiro atoms. The molecule has 0 aromatic heterocycles. The van der Waals surface area contributed by atoms with E-state index in [-0.39, 0.29) is 11.9 Å². The Morgan fingerprint density at radius 2 is 2.06 bits per heavy atom. The van der Waals surface area contributed by atoms with Crippen LogP contribution in [0.25, 0.3) is 0 Å². The maximum Gasteiger partial charge on any atom is 0.236 e. The van der Waals surface area contributed by atoms with E-state index in [1.165, 1.54) is 0 Å². The summed E-state index contributed by atoms with van der Waals surface area (Å²) < 4.78 is 4.97. The topological polar surface area (TPSA) is 67.6 Å². The Kier molecular flexibility index (Phi) is 9.03. The predicted octanol–water partition coefficient (Wildman–Crippen LogP) is 0.0542. The molecule has 0 unspecified atom stereocenters. The molecule has 0 bridgehead atoms. The number of nitrogens with one attached hydrogen (secondary N) is 1. The van der Waals surface area contributed by atoms with Gasteiger partial charge in [0.1, 0.15) is 0 Å². The van der Waals surface area contributed by atoms with Gasteiger partial charge < -0.3 is 20.7 Å². The number of nitrogens with zero attached hydrogens (tertiary/aromatic N) is 1. The summed E-state index contributed by atoms with van der Waals surface area (Å²) in [7, 11) is 3.68. The lowest BCUT2D eigenvalue weighted by molar-refractivity contribution is -0.122. The first-order chi connectivity index (χ1) is 7.97. The van der Waals surface area contributed by atoms with Gasteiger partial charge in [0, 0.05) is 26.7 Å². The molecule has 0 fully saturated rings. The van der Waals surface area contributed by atoms with Crippen molar-refractivity contribution >= 4 is 5.91 Å². The first-order valence-corrected chi connectivity index (χ1v) is 6.18. The molecule has 0 radical (unpaired) electrons. The van der Waals surface area contributed by atoms with Gasteiger partial charge in [-0.25, -0.2) is 0 Å². The summed E-state index contributed by atoms with van der Waals surface area (Å²) in [5, 5.41) is 2.85. The molecular weight excluding hydrogens is 218 g/mol. The molecule has 0 aromatic carbocycles. The third kappa shape index (κ3) is 9.09. The molecule has 5 heteroatoms. The van der Waals surface area contributed by atoms with Gasteiger partial charge in [0.2, 0.25) is 5.91 Å². The molecular formula is C12H27N3O2. The van der Waals surface area contributed by atoms with Crippen LogP contribution in [-0.2, 0) is 9.53 Å². The molecule has 1 atom stereocenters. The van der Waals surface area contributed by atoms with E-state index < -0.39 is 0 Å². The Morgan fingerprint density at radius 1 is 1.41 bits per heavy atom. The van der Waals surface area contributed by atoms with E-state index in [4.69, 9.17) is 10.5 Å². The van der Waals surface area contributed by atoms with Crippen molar-refractivity contribution in [2.75, 3.05) is 40.4 Å². The number of ether oxygens (including phenoxy) is 1. The Morgan fingerprint density at radius 3 is 2.59 bits per heavy atom. The Hall–Kier alpha value is -0.650. The van der Waals surface area contributed by atoms with Gasteiger partial charge in [-0.05, 0) is 19.4 Å². The van der Waals surface area contributed by atoms with Crippen molar-refractivity contribution in [3.05, 3.63) is 0 Å². The van der Waals surface area contributed by atoms with E-state index in [1.807, 2.05) is 7.05 Å². The van der Waals surface area contributed by atoms with Gasteiger partial charge in [-0.2, -0.15) is 0 Å². The van der Waals surface area contributed by atoms with Crippen LogP contribution in [0.1, 0.15) is 20.3 Å². The van der Waals surface area contributed by atoms with Crippen LogP contribution < -0.4 is 11.1 Å². The van der Waals surface area contributed by atoms with Crippen LogP contribution in [0.5, 0.6) is 0 Å². The maximum atomic E-state index is 11.6. The number of carbonyl (C=O) groups is 1. The summed E-state index contributed by atoms with van der Waals surface area (Å²) in [6.45, 7) is 7.13. The first kappa shape index (κ1) is 16.4. The molecule has 5 nitrogen and oxygen atoms in total. The highest BCUT2D eigenvalue weighted by molar-refractivity contribution is 5.81. The summed E-state index contributed by atoms with van der Waals surface area (Å²) in [5.74, 6) is 0.388. The van der Waals surface area contributed by atoms with E-state index in [1.54, 1.807) is 7.11 Å². The third-order valence-electron chi connectivity index (χ3n) is 2.53. The molecule has 102 valence electrons. The number of likely N-dealkylation sites (N-methyl/N-ethyl adjacent to an activating group) is 1. The van der Waals surface area contributed by atoms with Crippen LogP contribution in [0.2, 0.25) is 0 Å². The molecule has 0 saturated heterocycles. The number of rotatable bonds is 9. The standard InChI is InChI=1S/C12H27N3O2/c1-10(2)9-11(13)12(16)14-5-6-15(3)7-8-17-4/h10-11H,5-9,13H2,1-4H3,(H,14,16)/t11-/m1/s1. The number of hydrogen-bond donors (Lipinski definition) is 2. The minimum Gasteiger partial charge on any atom is -0.383 e. The number of carbonyl (C=O) groups excluding carboxylic acids is 1. The molecule has 0 aliphatic carbocycles. The fourth-order valence-corrected chi connectivity index (χ4v) is 1.47. The van der Waals surface area contributed by atoms with E-state index >= 15 is 0 Å². The van der Waals surface area contributed by atoms with Crippen LogP contribution in [0, 0.1) is 5.92 Å². The molecule has 0 aromatic rings. The number of amides is 1. The zero-order chi connectivity index (χ0) is 13.3. The normalized spacial score (nSPS) is 13.1. The zero-order valence-corrected chi connectivity index (χ0v) is 11.5. The molecule has 0 aliphatic rings. The lowest BCUT2D eigenvalue weighted by atomic mass is 10.0. The highest BCUT2D eigenvalue weighted by Gasteiger charge is 2.14. The maximum absolute atomic E-state index is 11.6. The summed E-state index contributed by atoms with van der Waals surface area (Å²) in [5.41, 5.74) is 5.77. The van der Waals surface area contributed by atoms with Crippen molar-refractivity contribution in [1.29, 1.82) is 0 Å². The van der Waals surface area contributed by atoms with Gasteiger partial charge >= 0.3 is 0 Å². The third-order valence-corrected chi connectivity index (χ3v) is 2.53. The fraction of sp³-hybridized carbons (Fsp3) is 0.917. The minimum absolute atomic E-state index is 0.0566. The van der Waals surface area contributed by atoms with Gasteiger partial charge in [0.15, 0.2) is 0 Å². The van der Waals surface area contributed by atoms with Crippen molar-refractivity contribution in [2.24, 2.45) is 11.7 Å². The minimum atomic E-state index is -0.390. The van der Waals surface area contributed by atoms with Crippen LogP contribution in [-0.4, -0.2) is 57.2 Å². The average Bonchev–Trinajstić information content (AvgIpc) is 2.25. The lowest BCUT2D eigenvalue weighted by Crippen LogP contribution is -2.44. The Balaban J connectivity index is 3.63. The first-order valence-electron chi connectivity index (χ1n) is 6.18. The second kappa shape index (κ2) is 9.39. The largest absolute Gasteiger partial charge is 0.383 e. The van der Waals surface area contributed by atoms with E-state index in [2.05, 4.69) is 24.1 Å². The molecule has 17 heavy (non-hydrogen) atoms. The number of hydrogen-bond acceptors (Lipinski definition) is 4. The zero-order valence-electron chi connectivity index (χ0n) is 11.5. The number of methoxy groups -OCH3 is 1. The quantitative estimate of drug-likeness (QED) is 0.602. The smallest absolute Gasteiger partial charge is 0.236 e. The van der Waals surface area contributed by atoms with Crippen molar-refractivity contribution in [1.82, 2.24) is 10.2 Å². The molecule has 0 heterocycles. The summed E-state index contributed by atoms with van der Waals surface area (Å²) >= 11 is 0. The van der Waals surface area contributed by atoms with Crippen LogP contribution in [0.4, 0.5) is 0 Å². The monoisotopic (exact) mass is 245 g/mol. The van der Waals surface area contributed by atoms with Gasteiger partial charge in [-0.1, -0.05) is 13.8 Å². The van der Waals surface area contributed by atoms with Gasteiger partial charge in [-0.3, -0.25) is 4.79 Å². The van der Waals surface area contributed by atoms with Crippen LogP contribution >= 0.6 is 0 Å². The molecule has 0 saturated carbocycles. The second-order valence-electron chi connectivity index (χ2n) is 4.82. The van der Waals surface area contributed by atoms with Crippen molar-refractivity contribution in [3.8, 4) is 0 Å². The molecule has 3 N–H and O–H groups in total. The van der Waals surface area contributed by atoms with E-state index in [9.17, 15) is 4.79 Å². The van der Waals surface area contributed by atoms with Crippen molar-refractivity contribution in [3.63, 3.8) is 0 Å². The predicted molar refractivity (Wildman–Crippen MR) is 69.8 cm³/mol. The lowest BCUT2D eigenvalue weighted by Gasteiger charge is -2.18. The van der Waals surface area contributed by atoms with E-state index in [0.717, 1.165) is 19.5 Å². The van der Waals surface area contributed by atoms with Gasteiger partial charge in [0.25, 0.3) is 0 Å². The summed E-state index contributed by atoms with van der Waals surface area (Å²) in [4.78, 5) is 13.7. The van der Waals surface area contributed by atoms with Gasteiger partial charge in [-0.15, -0.1) is 0 Å². The highest BCUT2D eigenvalue weighted by Crippen LogP contribution is 2.02. The van der Waals surface area contributed by atoms with Crippen LogP contribution in [0.15, 0.2) is 0 Å². The SMILES string of the molecule is COCCN(C)CCNC(=O)[C@H](N)CC(C)C. The second-order valence-corrected chi connectivity index (χ2v) is 4.82. The fourth-order valence-electron chi connectivity index (χ4n) is 1.47. The summed E-state index contributed by atoms with van der Waals surface area (Å²) in [6.07, 6.45) is 0.728. The van der Waals surface area contributed by atoms with Crippen LogP contribution in [0.3, 0.4) is 0 Å². The molecule has 0 rings (SSSR count). The van der Waals surface area contributed by atoms with Gasteiger partial charge in [0.05, 0.1) is 12.6 Å². The molecule has 1 amide bonds. The number of nitrogens with two attached hydrogens (primary N) is 1. The average molecular weight is 245 g/mol. The molecule has 0 aliphatic heterocycles. The Bertz CT molecular complexity index is 210. The van der Waals surface area contributed by atoms with Crippen molar-refractivity contribution in [2.45, 2.75) is 26.3 Å². The Labute approximate surface area is 105 Å². The highest BCUT2D eigenvalue weighted by atomic mass is 16.5.